The van der Waals surface area contributed by atoms with Gasteiger partial charge in [-0.05, 0) is 29.8 Å². The lowest BCUT2D eigenvalue weighted by molar-refractivity contribution is -0.274. The van der Waals surface area contributed by atoms with Crippen LogP contribution in [0.15, 0.2) is 67.0 Å². The molecule has 0 amide bonds. The van der Waals surface area contributed by atoms with E-state index in [0.717, 1.165) is 40.7 Å². The Bertz CT molecular complexity index is 1030. The van der Waals surface area contributed by atoms with Crippen LogP contribution in [-0.2, 0) is 13.0 Å². The van der Waals surface area contributed by atoms with Gasteiger partial charge in [-0.1, -0.05) is 30.3 Å². The first kappa shape index (κ1) is 17.2. The number of aromatic amines is 1. The van der Waals surface area contributed by atoms with Crippen LogP contribution in [0.5, 0.6) is 5.75 Å². The maximum atomic E-state index is 12.3. The van der Waals surface area contributed by atoms with Crippen molar-refractivity contribution in [2.45, 2.75) is 19.3 Å². The molecule has 4 rings (SSSR count). The zero-order valence-electron chi connectivity index (χ0n) is 14.2. The first-order valence-electron chi connectivity index (χ1n) is 8.42. The van der Waals surface area contributed by atoms with Crippen LogP contribution in [0.4, 0.5) is 13.2 Å². The van der Waals surface area contributed by atoms with E-state index in [4.69, 9.17) is 0 Å². The zero-order valence-corrected chi connectivity index (χ0v) is 14.2. The molecular weight excluding hydrogens is 355 g/mol. The summed E-state index contributed by atoms with van der Waals surface area (Å²) in [4.78, 5) is 3.43. The standard InChI is InChI=1S/C20H16F3N3O/c21-20(22,23)27-17-7-5-14(6-8-17)18-4-1-3-15-13-16(25-19(15)18)9-12-26-11-2-10-24-26/h1-8,10-11,13,25H,9,12H2. The molecule has 4 aromatic rings. The number of aromatic nitrogens is 3. The summed E-state index contributed by atoms with van der Waals surface area (Å²) >= 11 is 0. The number of benzene rings is 2. The molecule has 0 fully saturated rings. The summed E-state index contributed by atoms with van der Waals surface area (Å²) in [5, 5.41) is 5.25. The van der Waals surface area contributed by atoms with Crippen molar-refractivity contribution in [3.05, 3.63) is 72.7 Å². The van der Waals surface area contributed by atoms with Crippen molar-refractivity contribution in [3.63, 3.8) is 0 Å². The molecule has 0 spiro atoms. The molecule has 0 atom stereocenters. The number of rotatable bonds is 5. The number of para-hydroxylation sites is 1. The Kier molecular flexibility index (Phi) is 4.35. The van der Waals surface area contributed by atoms with Crippen molar-refractivity contribution in [3.8, 4) is 16.9 Å². The molecule has 7 heteroatoms. The average molecular weight is 371 g/mol. The molecule has 0 aliphatic heterocycles. The summed E-state index contributed by atoms with van der Waals surface area (Å²) in [5.74, 6) is -0.232. The molecule has 0 radical (unpaired) electrons. The molecule has 0 aliphatic rings. The molecule has 0 saturated carbocycles. The Morgan fingerprint density at radius 3 is 2.56 bits per heavy atom. The number of fused-ring (bicyclic) bond motifs is 1. The number of hydrogen-bond donors (Lipinski definition) is 1. The zero-order chi connectivity index (χ0) is 18.9. The summed E-state index contributed by atoms with van der Waals surface area (Å²) in [6, 6.07) is 15.7. The van der Waals surface area contributed by atoms with Gasteiger partial charge in [0.05, 0.1) is 5.52 Å². The van der Waals surface area contributed by atoms with E-state index in [-0.39, 0.29) is 5.75 Å². The molecule has 0 unspecified atom stereocenters. The van der Waals surface area contributed by atoms with E-state index in [1.807, 2.05) is 35.1 Å². The molecule has 4 nitrogen and oxygen atoms in total. The monoisotopic (exact) mass is 371 g/mol. The van der Waals surface area contributed by atoms with Gasteiger partial charge in [0, 0.05) is 42.0 Å². The minimum atomic E-state index is -4.69. The van der Waals surface area contributed by atoms with Crippen molar-refractivity contribution in [1.29, 1.82) is 0 Å². The van der Waals surface area contributed by atoms with Crippen LogP contribution in [0.1, 0.15) is 5.69 Å². The number of nitrogens with one attached hydrogen (secondary N) is 1. The van der Waals surface area contributed by atoms with E-state index in [2.05, 4.69) is 20.9 Å². The van der Waals surface area contributed by atoms with Crippen LogP contribution >= 0.6 is 0 Å². The van der Waals surface area contributed by atoms with Crippen molar-refractivity contribution >= 4 is 10.9 Å². The number of H-pyrrole nitrogens is 1. The molecule has 0 aliphatic carbocycles. The van der Waals surface area contributed by atoms with E-state index < -0.39 is 6.36 Å². The van der Waals surface area contributed by atoms with Crippen LogP contribution in [-0.4, -0.2) is 21.1 Å². The highest BCUT2D eigenvalue weighted by Gasteiger charge is 2.30. The van der Waals surface area contributed by atoms with Crippen LogP contribution in [0.3, 0.4) is 0 Å². The smallest absolute Gasteiger partial charge is 0.406 e. The SMILES string of the molecule is FC(F)(F)Oc1ccc(-c2cccc3cc(CCn4cccn4)[nH]c23)cc1. The molecule has 2 aromatic carbocycles. The average Bonchev–Trinajstić information content (AvgIpc) is 3.28. The fraction of sp³-hybridized carbons (Fsp3) is 0.150. The van der Waals surface area contributed by atoms with E-state index in [9.17, 15) is 13.2 Å². The maximum Gasteiger partial charge on any atom is 0.573 e. The molecule has 27 heavy (non-hydrogen) atoms. The first-order chi connectivity index (χ1) is 13.0. The van der Waals surface area contributed by atoms with Gasteiger partial charge in [-0.25, -0.2) is 0 Å². The van der Waals surface area contributed by atoms with Crippen molar-refractivity contribution in [1.82, 2.24) is 14.8 Å². The third-order valence-electron chi connectivity index (χ3n) is 4.28. The lowest BCUT2D eigenvalue weighted by Crippen LogP contribution is -2.16. The second-order valence-corrected chi connectivity index (χ2v) is 6.16. The number of alkyl halides is 3. The predicted molar refractivity (Wildman–Crippen MR) is 96.3 cm³/mol. The molecule has 2 aromatic heterocycles. The van der Waals surface area contributed by atoms with Gasteiger partial charge in [0.2, 0.25) is 0 Å². The normalized spacial score (nSPS) is 11.8. The molecule has 2 heterocycles. The summed E-state index contributed by atoms with van der Waals surface area (Å²) in [6.07, 6.45) is -0.229. The largest absolute Gasteiger partial charge is 0.573 e. The summed E-state index contributed by atoms with van der Waals surface area (Å²) < 4.78 is 42.8. The minimum absolute atomic E-state index is 0.232. The van der Waals surface area contributed by atoms with Crippen LogP contribution in [0.2, 0.25) is 0 Å². The van der Waals surface area contributed by atoms with Gasteiger partial charge < -0.3 is 9.72 Å². The molecule has 1 N–H and O–H groups in total. The highest BCUT2D eigenvalue weighted by Crippen LogP contribution is 2.31. The quantitative estimate of drug-likeness (QED) is 0.526. The summed E-state index contributed by atoms with van der Waals surface area (Å²) in [7, 11) is 0. The number of nitrogens with zero attached hydrogens (tertiary/aromatic N) is 2. The van der Waals surface area contributed by atoms with Crippen molar-refractivity contribution in [2.24, 2.45) is 0 Å². The Balaban J connectivity index is 1.60. The van der Waals surface area contributed by atoms with E-state index in [1.54, 1.807) is 18.3 Å². The Hall–Kier alpha value is -3.22. The van der Waals surface area contributed by atoms with Gasteiger partial charge in [0.15, 0.2) is 0 Å². The fourth-order valence-electron chi connectivity index (χ4n) is 3.09. The van der Waals surface area contributed by atoms with Gasteiger partial charge in [0.1, 0.15) is 5.75 Å². The molecule has 0 saturated heterocycles. The fourth-order valence-corrected chi connectivity index (χ4v) is 3.09. The van der Waals surface area contributed by atoms with Gasteiger partial charge in [-0.15, -0.1) is 13.2 Å². The van der Waals surface area contributed by atoms with E-state index in [1.165, 1.54) is 12.1 Å². The third-order valence-corrected chi connectivity index (χ3v) is 4.28. The Morgan fingerprint density at radius 1 is 1.04 bits per heavy atom. The Labute approximate surface area is 153 Å². The topological polar surface area (TPSA) is 42.8 Å². The van der Waals surface area contributed by atoms with E-state index in [0.29, 0.717) is 0 Å². The van der Waals surface area contributed by atoms with E-state index >= 15 is 0 Å². The number of ether oxygens (including phenoxy) is 1. The molecule has 0 bridgehead atoms. The summed E-state index contributed by atoms with van der Waals surface area (Å²) in [6.45, 7) is 0.763. The van der Waals surface area contributed by atoms with Crippen molar-refractivity contribution < 1.29 is 17.9 Å². The second-order valence-electron chi connectivity index (χ2n) is 6.16. The second kappa shape index (κ2) is 6.83. The number of hydrogen-bond acceptors (Lipinski definition) is 2. The first-order valence-corrected chi connectivity index (χ1v) is 8.42. The molecular formula is C20H16F3N3O. The van der Waals surface area contributed by atoms with Gasteiger partial charge in [-0.2, -0.15) is 5.10 Å². The lowest BCUT2D eigenvalue weighted by atomic mass is 10.0. The van der Waals surface area contributed by atoms with Gasteiger partial charge >= 0.3 is 6.36 Å². The molecule has 138 valence electrons. The van der Waals surface area contributed by atoms with Gasteiger partial charge in [-0.3, -0.25) is 4.68 Å². The lowest BCUT2D eigenvalue weighted by Gasteiger charge is -2.09. The Morgan fingerprint density at radius 2 is 1.85 bits per heavy atom. The number of halogens is 3. The predicted octanol–water partition coefficient (Wildman–Crippen LogP) is 5.17. The number of aryl methyl sites for hydroxylation is 2. The van der Waals surface area contributed by atoms with Crippen LogP contribution in [0, 0.1) is 0 Å². The van der Waals surface area contributed by atoms with Crippen LogP contribution in [0.25, 0.3) is 22.0 Å². The minimum Gasteiger partial charge on any atom is -0.406 e. The highest BCUT2D eigenvalue weighted by atomic mass is 19.4. The van der Waals surface area contributed by atoms with Crippen LogP contribution < -0.4 is 4.74 Å². The third kappa shape index (κ3) is 3.97. The summed E-state index contributed by atoms with van der Waals surface area (Å²) in [5.41, 5.74) is 3.77. The highest BCUT2D eigenvalue weighted by molar-refractivity contribution is 5.94. The maximum absolute atomic E-state index is 12.3. The van der Waals surface area contributed by atoms with Crippen molar-refractivity contribution in [2.75, 3.05) is 0 Å². The van der Waals surface area contributed by atoms with Gasteiger partial charge in [0.25, 0.3) is 0 Å².